The summed E-state index contributed by atoms with van der Waals surface area (Å²) in [6, 6.07) is 1.69. The van der Waals surface area contributed by atoms with Crippen molar-refractivity contribution in [3.05, 3.63) is 67.3 Å². The summed E-state index contributed by atoms with van der Waals surface area (Å²) in [6.07, 6.45) is -5.52. The lowest BCUT2D eigenvalue weighted by Crippen LogP contribution is -2.50. The van der Waals surface area contributed by atoms with Crippen LogP contribution < -0.4 is 4.48 Å². The molecule has 0 heterocycles. The van der Waals surface area contributed by atoms with Crippen LogP contribution in [0.4, 0.5) is 32.0 Å². The first kappa shape index (κ1) is 20.0. The van der Waals surface area contributed by atoms with E-state index in [0.29, 0.717) is 6.07 Å². The third-order valence-corrected chi connectivity index (χ3v) is 3.58. The van der Waals surface area contributed by atoms with Gasteiger partial charge in [-0.25, -0.2) is 0 Å². The lowest BCUT2D eigenvalue weighted by Gasteiger charge is -2.37. The normalized spacial score (nSPS) is 12.8. The molecular weight excluding hydrogens is 332 g/mol. The van der Waals surface area contributed by atoms with E-state index in [2.05, 4.69) is 19.7 Å². The van der Waals surface area contributed by atoms with E-state index in [1.165, 1.54) is 18.2 Å². The van der Waals surface area contributed by atoms with Crippen molar-refractivity contribution in [3.8, 4) is 0 Å². The van der Waals surface area contributed by atoms with Gasteiger partial charge < -0.3 is 0 Å². The summed E-state index contributed by atoms with van der Waals surface area (Å²) in [4.78, 5) is 0. The molecule has 0 fully saturated rings. The van der Waals surface area contributed by atoms with Crippen LogP contribution in [0.5, 0.6) is 0 Å². The lowest BCUT2D eigenvalue weighted by atomic mass is 10.0. The van der Waals surface area contributed by atoms with Crippen LogP contribution in [0.2, 0.25) is 0 Å². The molecule has 0 atom stereocenters. The second-order valence-corrected chi connectivity index (χ2v) is 5.29. The zero-order chi connectivity index (χ0) is 18.6. The smallest absolute Gasteiger partial charge is 0.281 e. The average Bonchev–Trinajstić information content (AvgIpc) is 2.45. The van der Waals surface area contributed by atoms with E-state index in [1.807, 2.05) is 0 Å². The second-order valence-electron chi connectivity index (χ2n) is 5.29. The third kappa shape index (κ3) is 4.29. The molecule has 7 heteroatoms. The van der Waals surface area contributed by atoms with E-state index < -0.39 is 23.5 Å². The van der Waals surface area contributed by atoms with Crippen molar-refractivity contribution in [2.24, 2.45) is 0 Å². The van der Waals surface area contributed by atoms with Crippen molar-refractivity contribution in [3.63, 3.8) is 0 Å². The third-order valence-electron chi connectivity index (χ3n) is 3.58. The SMILES string of the molecule is C=CC[N+](CC=C)(CC=C)c1ccc(C(F)(F)F)cc1C(F)(F)F. The summed E-state index contributed by atoms with van der Waals surface area (Å²) in [7, 11) is 0. The molecule has 0 radical (unpaired) electrons. The maximum Gasteiger partial charge on any atom is 0.422 e. The summed E-state index contributed by atoms with van der Waals surface area (Å²) in [6.45, 7) is 10.9. The van der Waals surface area contributed by atoms with Crippen LogP contribution in [0.1, 0.15) is 11.1 Å². The minimum atomic E-state index is -4.93. The van der Waals surface area contributed by atoms with Crippen molar-refractivity contribution >= 4 is 5.69 Å². The Morgan fingerprint density at radius 3 is 1.58 bits per heavy atom. The molecule has 1 nitrogen and oxygen atoms in total. The standard InChI is InChI=1S/C17H18F6N/c1-4-9-24(10-5-2,11-6-3)15-8-7-13(16(18,19)20)12-14(15)17(21,22)23/h4-8,12H,1-3,9-11H2/q+1. The lowest BCUT2D eigenvalue weighted by molar-refractivity contribution is -0.143. The maximum atomic E-state index is 13.4. The highest BCUT2D eigenvalue weighted by molar-refractivity contribution is 5.55. The number of hydrogen-bond donors (Lipinski definition) is 0. The molecule has 0 aliphatic heterocycles. The van der Waals surface area contributed by atoms with Crippen LogP contribution in [0.3, 0.4) is 0 Å². The number of alkyl halides is 6. The van der Waals surface area contributed by atoms with Gasteiger partial charge in [-0.3, -0.25) is 4.48 Å². The summed E-state index contributed by atoms with van der Waals surface area (Å²) in [5.41, 5.74) is -2.93. The molecule has 0 saturated heterocycles. The Morgan fingerprint density at radius 1 is 0.792 bits per heavy atom. The largest absolute Gasteiger partial charge is 0.422 e. The fourth-order valence-corrected chi connectivity index (χ4v) is 2.61. The highest BCUT2D eigenvalue weighted by Crippen LogP contribution is 2.42. The van der Waals surface area contributed by atoms with Gasteiger partial charge in [0.2, 0.25) is 0 Å². The molecule has 1 aromatic carbocycles. The Labute approximate surface area is 136 Å². The fourth-order valence-electron chi connectivity index (χ4n) is 2.61. The zero-order valence-electron chi connectivity index (χ0n) is 12.9. The Morgan fingerprint density at radius 2 is 1.25 bits per heavy atom. The molecule has 0 aliphatic rings. The first-order valence-electron chi connectivity index (χ1n) is 6.99. The molecule has 132 valence electrons. The number of nitrogens with zero attached hydrogens (tertiary/aromatic N) is 1. The van der Waals surface area contributed by atoms with Crippen LogP contribution in [0.25, 0.3) is 0 Å². The van der Waals surface area contributed by atoms with Crippen molar-refractivity contribution in [1.82, 2.24) is 4.48 Å². The Balaban J connectivity index is 3.72. The maximum absolute atomic E-state index is 13.4. The molecule has 0 bridgehead atoms. The Bertz CT molecular complexity index is 586. The molecule has 0 N–H and O–H groups in total. The van der Waals surface area contributed by atoms with Crippen LogP contribution in [0.15, 0.2) is 56.2 Å². The van der Waals surface area contributed by atoms with Crippen LogP contribution in [-0.2, 0) is 12.4 Å². The minimum Gasteiger partial charge on any atom is -0.281 e. The monoisotopic (exact) mass is 350 g/mol. The molecule has 24 heavy (non-hydrogen) atoms. The van der Waals surface area contributed by atoms with E-state index >= 15 is 0 Å². The summed E-state index contributed by atoms with van der Waals surface area (Å²) in [5.74, 6) is 0. The van der Waals surface area contributed by atoms with Gasteiger partial charge in [-0.1, -0.05) is 19.7 Å². The van der Waals surface area contributed by atoms with E-state index in [1.54, 1.807) is 0 Å². The molecule has 1 rings (SSSR count). The van der Waals surface area contributed by atoms with Crippen molar-refractivity contribution in [2.45, 2.75) is 12.4 Å². The fraction of sp³-hybridized carbons (Fsp3) is 0.294. The molecule has 0 unspecified atom stereocenters. The number of hydrogen-bond acceptors (Lipinski definition) is 0. The molecular formula is C17H18F6N+. The van der Waals surface area contributed by atoms with Gasteiger partial charge in [-0.15, -0.1) is 0 Å². The predicted molar refractivity (Wildman–Crippen MR) is 83.4 cm³/mol. The molecule has 0 aromatic heterocycles. The zero-order valence-corrected chi connectivity index (χ0v) is 12.9. The van der Waals surface area contributed by atoms with E-state index in [4.69, 9.17) is 0 Å². The molecule has 1 aromatic rings. The van der Waals surface area contributed by atoms with Crippen molar-refractivity contribution < 1.29 is 26.3 Å². The first-order valence-corrected chi connectivity index (χ1v) is 6.99. The highest BCUT2D eigenvalue weighted by Gasteiger charge is 2.43. The van der Waals surface area contributed by atoms with Gasteiger partial charge in [-0.05, 0) is 30.4 Å². The van der Waals surface area contributed by atoms with Gasteiger partial charge in [0, 0.05) is 6.07 Å². The minimum absolute atomic E-state index is 0.0898. The Kier molecular flexibility index (Phi) is 6.05. The van der Waals surface area contributed by atoms with Crippen molar-refractivity contribution in [1.29, 1.82) is 0 Å². The average molecular weight is 350 g/mol. The number of rotatable bonds is 7. The second kappa shape index (κ2) is 7.25. The summed E-state index contributed by atoms with van der Waals surface area (Å²) < 4.78 is 78.4. The van der Waals surface area contributed by atoms with Crippen LogP contribution in [0, 0.1) is 0 Å². The van der Waals surface area contributed by atoms with Crippen molar-refractivity contribution in [2.75, 3.05) is 19.6 Å². The molecule has 0 amide bonds. The van der Waals surface area contributed by atoms with Crippen LogP contribution in [-0.4, -0.2) is 19.6 Å². The first-order chi connectivity index (χ1) is 11.0. The molecule has 0 aliphatic carbocycles. The number of halogens is 6. The van der Waals surface area contributed by atoms with Gasteiger partial charge in [-0.2, -0.15) is 26.3 Å². The summed E-state index contributed by atoms with van der Waals surface area (Å²) >= 11 is 0. The number of benzene rings is 1. The summed E-state index contributed by atoms with van der Waals surface area (Å²) in [5, 5.41) is 0. The Hall–Kier alpha value is -2.02. The van der Waals surface area contributed by atoms with E-state index in [9.17, 15) is 26.3 Å². The highest BCUT2D eigenvalue weighted by atomic mass is 19.4. The van der Waals surface area contributed by atoms with Gasteiger partial charge >= 0.3 is 12.4 Å². The van der Waals surface area contributed by atoms with Gasteiger partial charge in [0.05, 0.1) is 5.56 Å². The predicted octanol–water partition coefficient (Wildman–Crippen LogP) is 5.59. The van der Waals surface area contributed by atoms with E-state index in [-0.39, 0.29) is 35.9 Å². The van der Waals surface area contributed by atoms with E-state index in [0.717, 1.165) is 6.07 Å². The number of quaternary nitrogens is 1. The van der Waals surface area contributed by atoms with Gasteiger partial charge in [0.1, 0.15) is 30.9 Å². The van der Waals surface area contributed by atoms with Gasteiger partial charge in [0.15, 0.2) is 0 Å². The molecule has 0 spiro atoms. The quantitative estimate of drug-likeness (QED) is 0.342. The molecule has 0 saturated carbocycles. The van der Waals surface area contributed by atoms with Crippen LogP contribution >= 0.6 is 0 Å². The van der Waals surface area contributed by atoms with Gasteiger partial charge in [0.25, 0.3) is 0 Å². The topological polar surface area (TPSA) is 0 Å².